The Morgan fingerprint density at radius 1 is 1.35 bits per heavy atom. The van der Waals surface area contributed by atoms with Crippen LogP contribution in [0.5, 0.6) is 11.5 Å². The van der Waals surface area contributed by atoms with Gasteiger partial charge < -0.3 is 19.2 Å². The smallest absolute Gasteiger partial charge is 0.133 e. The van der Waals surface area contributed by atoms with Crippen LogP contribution in [-0.2, 0) is 0 Å². The fraction of sp³-hybridized carbons (Fsp3) is 0.333. The predicted octanol–water partition coefficient (Wildman–Crippen LogP) is 3.78. The Hall–Kier alpha value is -1.46. The molecule has 0 aliphatic carbocycles. The molecule has 0 spiro atoms. The number of halogens is 1. The molecule has 20 heavy (non-hydrogen) atoms. The van der Waals surface area contributed by atoms with E-state index in [1.807, 2.05) is 30.3 Å². The third-order valence-electron chi connectivity index (χ3n) is 2.92. The largest absolute Gasteiger partial charge is 0.497 e. The lowest BCUT2D eigenvalue weighted by Crippen LogP contribution is -2.24. The summed E-state index contributed by atoms with van der Waals surface area (Å²) < 4.78 is 17.1. The molecule has 0 aliphatic rings. The first kappa shape index (κ1) is 14.9. The van der Waals surface area contributed by atoms with E-state index in [0.29, 0.717) is 6.61 Å². The lowest BCUT2D eigenvalue weighted by Gasteiger charge is -2.13. The monoisotopic (exact) mass is 339 g/mol. The predicted molar refractivity (Wildman–Crippen MR) is 81.3 cm³/mol. The van der Waals surface area contributed by atoms with Crippen LogP contribution >= 0.6 is 15.9 Å². The fourth-order valence-corrected chi connectivity index (χ4v) is 2.27. The summed E-state index contributed by atoms with van der Waals surface area (Å²) in [5.74, 6) is 2.53. The van der Waals surface area contributed by atoms with E-state index >= 15 is 0 Å². The van der Waals surface area contributed by atoms with E-state index in [-0.39, 0.29) is 6.04 Å². The molecule has 0 radical (unpaired) electrons. The summed E-state index contributed by atoms with van der Waals surface area (Å²) in [4.78, 5) is 0. The molecule has 0 amide bonds. The van der Waals surface area contributed by atoms with Crippen LogP contribution in [-0.4, -0.2) is 20.3 Å². The van der Waals surface area contributed by atoms with Crippen LogP contribution in [0, 0.1) is 0 Å². The van der Waals surface area contributed by atoms with Crippen LogP contribution in [0.1, 0.15) is 18.7 Å². The highest BCUT2D eigenvalue weighted by molar-refractivity contribution is 9.10. The second-order valence-electron chi connectivity index (χ2n) is 4.34. The number of rotatable bonds is 7. The van der Waals surface area contributed by atoms with E-state index in [0.717, 1.165) is 28.3 Å². The lowest BCUT2D eigenvalue weighted by atomic mass is 10.2. The molecule has 0 aliphatic heterocycles. The SMILES string of the molecule is COc1ccc(OCCNC(C)c2ccco2)c(Br)c1. The summed E-state index contributed by atoms with van der Waals surface area (Å²) in [6.07, 6.45) is 1.68. The normalized spacial score (nSPS) is 12.2. The highest BCUT2D eigenvalue weighted by Crippen LogP contribution is 2.28. The molecule has 1 atom stereocenters. The molecule has 108 valence electrons. The minimum Gasteiger partial charge on any atom is -0.497 e. The Morgan fingerprint density at radius 2 is 2.20 bits per heavy atom. The molecule has 4 nitrogen and oxygen atoms in total. The van der Waals surface area contributed by atoms with Crippen LogP contribution in [0.4, 0.5) is 0 Å². The Kier molecular flexibility index (Phi) is 5.49. The van der Waals surface area contributed by atoms with Crippen molar-refractivity contribution in [2.45, 2.75) is 13.0 Å². The van der Waals surface area contributed by atoms with Crippen molar-refractivity contribution in [1.29, 1.82) is 0 Å². The average molecular weight is 340 g/mol. The van der Waals surface area contributed by atoms with E-state index in [9.17, 15) is 0 Å². The van der Waals surface area contributed by atoms with Gasteiger partial charge in [0.05, 0.1) is 23.9 Å². The van der Waals surface area contributed by atoms with Gasteiger partial charge in [0.2, 0.25) is 0 Å². The van der Waals surface area contributed by atoms with Crippen molar-refractivity contribution in [1.82, 2.24) is 5.32 Å². The minimum atomic E-state index is 0.174. The average Bonchev–Trinajstić information content (AvgIpc) is 2.98. The lowest BCUT2D eigenvalue weighted by molar-refractivity contribution is 0.299. The van der Waals surface area contributed by atoms with Gasteiger partial charge in [-0.1, -0.05) is 0 Å². The molecule has 0 saturated carbocycles. The summed E-state index contributed by atoms with van der Waals surface area (Å²) in [5, 5.41) is 3.34. The summed E-state index contributed by atoms with van der Waals surface area (Å²) in [5.41, 5.74) is 0. The molecule has 1 heterocycles. The summed E-state index contributed by atoms with van der Waals surface area (Å²) in [6, 6.07) is 9.66. The van der Waals surface area contributed by atoms with Crippen LogP contribution in [0.15, 0.2) is 45.5 Å². The van der Waals surface area contributed by atoms with Crippen molar-refractivity contribution < 1.29 is 13.9 Å². The Bertz CT molecular complexity index is 528. The molecule has 1 aromatic carbocycles. The van der Waals surface area contributed by atoms with Crippen molar-refractivity contribution in [2.24, 2.45) is 0 Å². The number of nitrogens with one attached hydrogen (secondary N) is 1. The minimum absolute atomic E-state index is 0.174. The van der Waals surface area contributed by atoms with E-state index in [1.54, 1.807) is 13.4 Å². The second kappa shape index (κ2) is 7.36. The highest BCUT2D eigenvalue weighted by Gasteiger charge is 2.07. The maximum Gasteiger partial charge on any atom is 0.133 e. The highest BCUT2D eigenvalue weighted by atomic mass is 79.9. The van der Waals surface area contributed by atoms with E-state index in [2.05, 4.69) is 28.2 Å². The van der Waals surface area contributed by atoms with Gasteiger partial charge in [-0.25, -0.2) is 0 Å². The maximum absolute atomic E-state index is 5.71. The molecular weight excluding hydrogens is 322 g/mol. The zero-order valence-electron chi connectivity index (χ0n) is 11.6. The third kappa shape index (κ3) is 4.02. The van der Waals surface area contributed by atoms with Crippen LogP contribution < -0.4 is 14.8 Å². The fourth-order valence-electron chi connectivity index (χ4n) is 1.80. The van der Waals surface area contributed by atoms with Crippen molar-refractivity contribution in [3.05, 3.63) is 46.8 Å². The molecule has 0 saturated heterocycles. The van der Waals surface area contributed by atoms with Gasteiger partial charge in [0, 0.05) is 6.54 Å². The Labute approximate surface area is 127 Å². The van der Waals surface area contributed by atoms with Gasteiger partial charge in [-0.2, -0.15) is 0 Å². The van der Waals surface area contributed by atoms with Crippen molar-refractivity contribution in [3.63, 3.8) is 0 Å². The first-order valence-corrected chi connectivity index (χ1v) is 7.23. The zero-order valence-corrected chi connectivity index (χ0v) is 13.1. The maximum atomic E-state index is 5.71. The molecule has 2 rings (SSSR count). The van der Waals surface area contributed by atoms with Crippen LogP contribution in [0.25, 0.3) is 0 Å². The van der Waals surface area contributed by atoms with Crippen molar-refractivity contribution in [2.75, 3.05) is 20.3 Å². The Balaban J connectivity index is 1.76. The van der Waals surface area contributed by atoms with Crippen molar-refractivity contribution >= 4 is 15.9 Å². The van der Waals surface area contributed by atoms with E-state index in [4.69, 9.17) is 13.9 Å². The molecular formula is C15H18BrNO3. The number of furan rings is 1. The topological polar surface area (TPSA) is 43.6 Å². The van der Waals surface area contributed by atoms with Gasteiger partial charge in [0.15, 0.2) is 0 Å². The summed E-state index contributed by atoms with van der Waals surface area (Å²) in [6.45, 7) is 3.37. The number of hydrogen-bond acceptors (Lipinski definition) is 4. The van der Waals surface area contributed by atoms with Gasteiger partial charge in [0.25, 0.3) is 0 Å². The molecule has 5 heteroatoms. The number of ether oxygens (including phenoxy) is 2. The van der Waals surface area contributed by atoms with E-state index < -0.39 is 0 Å². The van der Waals surface area contributed by atoms with E-state index in [1.165, 1.54) is 0 Å². The molecule has 2 aromatic rings. The number of methoxy groups -OCH3 is 1. The molecule has 1 N–H and O–H groups in total. The van der Waals surface area contributed by atoms with Crippen LogP contribution in [0.3, 0.4) is 0 Å². The molecule has 1 aromatic heterocycles. The van der Waals surface area contributed by atoms with Crippen molar-refractivity contribution in [3.8, 4) is 11.5 Å². The van der Waals surface area contributed by atoms with Gasteiger partial charge in [-0.3, -0.25) is 0 Å². The number of benzene rings is 1. The number of hydrogen-bond donors (Lipinski definition) is 1. The third-order valence-corrected chi connectivity index (χ3v) is 3.54. The first-order valence-electron chi connectivity index (χ1n) is 6.44. The van der Waals surface area contributed by atoms with Gasteiger partial charge in [0.1, 0.15) is 23.9 Å². The van der Waals surface area contributed by atoms with Gasteiger partial charge in [-0.15, -0.1) is 0 Å². The summed E-state index contributed by atoms with van der Waals surface area (Å²) >= 11 is 3.46. The van der Waals surface area contributed by atoms with Gasteiger partial charge >= 0.3 is 0 Å². The standard InChI is InChI=1S/C15H18BrNO3/c1-11(14-4-3-8-19-14)17-7-9-20-15-6-5-12(18-2)10-13(15)16/h3-6,8,10-11,17H,7,9H2,1-2H3. The second-order valence-corrected chi connectivity index (χ2v) is 5.19. The van der Waals surface area contributed by atoms with Gasteiger partial charge in [-0.05, 0) is 53.2 Å². The molecule has 1 unspecified atom stereocenters. The van der Waals surface area contributed by atoms with Crippen LogP contribution in [0.2, 0.25) is 0 Å². The molecule has 0 bridgehead atoms. The first-order chi connectivity index (χ1) is 9.70. The molecule has 0 fully saturated rings. The Morgan fingerprint density at radius 3 is 2.85 bits per heavy atom. The quantitative estimate of drug-likeness (QED) is 0.779. The zero-order chi connectivity index (χ0) is 14.4. The summed E-state index contributed by atoms with van der Waals surface area (Å²) in [7, 11) is 1.64.